The van der Waals surface area contributed by atoms with Crippen molar-refractivity contribution in [3.8, 4) is 5.75 Å². The lowest BCUT2D eigenvalue weighted by Gasteiger charge is -2.33. The molecule has 1 fully saturated rings. The number of benzene rings is 1. The molecule has 0 aromatic heterocycles. The number of carbonyl (C=O) groups is 1. The number of ether oxygens (including phenoxy) is 3. The molecule has 1 aliphatic heterocycles. The quantitative estimate of drug-likeness (QED) is 0.723. The Balaban J connectivity index is 1.86. The van der Waals surface area contributed by atoms with E-state index in [2.05, 4.69) is 18.7 Å². The largest absolute Gasteiger partial charge is 0.493 e. The number of morpholine rings is 1. The van der Waals surface area contributed by atoms with Crippen LogP contribution >= 0.6 is 0 Å². The van der Waals surface area contributed by atoms with Gasteiger partial charge >= 0.3 is 5.97 Å². The fourth-order valence-corrected chi connectivity index (χ4v) is 2.73. The SMILES string of the molecule is CCOc1ccccc1C(=O)OCC1CN(CC(C)C)CCO1. The van der Waals surface area contributed by atoms with Gasteiger partial charge in [-0.05, 0) is 25.0 Å². The van der Waals surface area contributed by atoms with Crippen molar-refractivity contribution < 1.29 is 19.0 Å². The highest BCUT2D eigenvalue weighted by molar-refractivity contribution is 5.92. The van der Waals surface area contributed by atoms with Gasteiger partial charge in [0.25, 0.3) is 0 Å². The van der Waals surface area contributed by atoms with Crippen LogP contribution in [-0.2, 0) is 9.47 Å². The van der Waals surface area contributed by atoms with Gasteiger partial charge < -0.3 is 14.2 Å². The minimum atomic E-state index is -0.362. The maximum atomic E-state index is 12.3. The van der Waals surface area contributed by atoms with Crippen LogP contribution in [0, 0.1) is 5.92 Å². The minimum absolute atomic E-state index is 0.0642. The van der Waals surface area contributed by atoms with Gasteiger partial charge in [-0.15, -0.1) is 0 Å². The summed E-state index contributed by atoms with van der Waals surface area (Å²) in [5, 5.41) is 0. The van der Waals surface area contributed by atoms with Crippen LogP contribution < -0.4 is 4.74 Å². The Morgan fingerprint density at radius 3 is 2.91 bits per heavy atom. The van der Waals surface area contributed by atoms with Gasteiger partial charge in [-0.25, -0.2) is 4.79 Å². The second-order valence-electron chi connectivity index (χ2n) is 6.17. The smallest absolute Gasteiger partial charge is 0.342 e. The number of hydrogen-bond acceptors (Lipinski definition) is 5. The molecule has 1 atom stereocenters. The van der Waals surface area contributed by atoms with Gasteiger partial charge in [-0.2, -0.15) is 0 Å². The van der Waals surface area contributed by atoms with E-state index in [1.807, 2.05) is 13.0 Å². The highest BCUT2D eigenvalue weighted by Gasteiger charge is 2.23. The van der Waals surface area contributed by atoms with Crippen LogP contribution in [0.4, 0.5) is 0 Å². The highest BCUT2D eigenvalue weighted by Crippen LogP contribution is 2.19. The molecule has 23 heavy (non-hydrogen) atoms. The Morgan fingerprint density at radius 2 is 2.17 bits per heavy atom. The minimum Gasteiger partial charge on any atom is -0.493 e. The Bertz CT molecular complexity index is 504. The maximum Gasteiger partial charge on any atom is 0.342 e. The van der Waals surface area contributed by atoms with Gasteiger partial charge in [0.1, 0.15) is 24.0 Å². The van der Waals surface area contributed by atoms with E-state index in [4.69, 9.17) is 14.2 Å². The van der Waals surface area contributed by atoms with Gasteiger partial charge in [0.2, 0.25) is 0 Å². The van der Waals surface area contributed by atoms with E-state index in [1.54, 1.807) is 18.2 Å². The normalized spacial score (nSPS) is 18.9. The molecule has 0 N–H and O–H groups in total. The lowest BCUT2D eigenvalue weighted by Crippen LogP contribution is -2.45. The first-order valence-electron chi connectivity index (χ1n) is 8.33. The third kappa shape index (κ3) is 5.52. The topological polar surface area (TPSA) is 48.0 Å². The average molecular weight is 321 g/mol. The number of nitrogens with zero attached hydrogens (tertiary/aromatic N) is 1. The number of hydrogen-bond donors (Lipinski definition) is 0. The van der Waals surface area contributed by atoms with Crippen molar-refractivity contribution in [2.75, 3.05) is 39.5 Å². The Morgan fingerprint density at radius 1 is 1.39 bits per heavy atom. The highest BCUT2D eigenvalue weighted by atomic mass is 16.6. The molecule has 1 heterocycles. The number of para-hydroxylation sites is 1. The van der Waals surface area contributed by atoms with Crippen molar-refractivity contribution in [1.29, 1.82) is 0 Å². The summed E-state index contributed by atoms with van der Waals surface area (Å²) in [6.07, 6.45) is -0.0642. The van der Waals surface area contributed by atoms with E-state index in [0.29, 0.717) is 30.4 Å². The molecule has 1 unspecified atom stereocenters. The molecule has 5 nitrogen and oxygen atoms in total. The van der Waals surface area contributed by atoms with E-state index in [1.165, 1.54) is 0 Å². The molecule has 5 heteroatoms. The lowest BCUT2D eigenvalue weighted by atomic mass is 10.2. The predicted octanol–water partition coefficient (Wildman–Crippen LogP) is 2.60. The van der Waals surface area contributed by atoms with E-state index < -0.39 is 0 Å². The fourth-order valence-electron chi connectivity index (χ4n) is 2.73. The molecule has 2 rings (SSSR count). The third-order valence-corrected chi connectivity index (χ3v) is 3.65. The number of carbonyl (C=O) groups excluding carboxylic acids is 1. The molecular weight excluding hydrogens is 294 g/mol. The first kappa shape index (κ1) is 17.8. The monoisotopic (exact) mass is 321 g/mol. The van der Waals surface area contributed by atoms with Crippen molar-refractivity contribution in [1.82, 2.24) is 4.90 Å². The van der Waals surface area contributed by atoms with Crippen molar-refractivity contribution in [2.45, 2.75) is 26.9 Å². The number of esters is 1. The summed E-state index contributed by atoms with van der Waals surface area (Å²) in [5.74, 6) is 0.819. The van der Waals surface area contributed by atoms with Gasteiger partial charge in [0.15, 0.2) is 0 Å². The lowest BCUT2D eigenvalue weighted by molar-refractivity contribution is -0.0613. The summed E-state index contributed by atoms with van der Waals surface area (Å²) in [5.41, 5.74) is 0.462. The maximum absolute atomic E-state index is 12.3. The summed E-state index contributed by atoms with van der Waals surface area (Å²) in [6.45, 7) is 10.6. The van der Waals surface area contributed by atoms with E-state index in [0.717, 1.165) is 19.6 Å². The first-order valence-corrected chi connectivity index (χ1v) is 8.33. The van der Waals surface area contributed by atoms with Crippen LogP contribution in [0.5, 0.6) is 5.75 Å². The first-order chi connectivity index (χ1) is 11.1. The van der Waals surface area contributed by atoms with Crippen molar-refractivity contribution in [3.05, 3.63) is 29.8 Å². The molecule has 1 aliphatic rings. The molecule has 1 aromatic carbocycles. The zero-order valence-corrected chi connectivity index (χ0v) is 14.3. The van der Waals surface area contributed by atoms with E-state index in [9.17, 15) is 4.79 Å². The zero-order valence-electron chi connectivity index (χ0n) is 14.3. The molecule has 0 saturated carbocycles. The molecule has 0 amide bonds. The van der Waals surface area contributed by atoms with Crippen LogP contribution in [-0.4, -0.2) is 56.4 Å². The second-order valence-corrected chi connectivity index (χ2v) is 6.17. The molecule has 1 aromatic rings. The Kier molecular flexibility index (Phi) is 6.86. The average Bonchev–Trinajstić information content (AvgIpc) is 2.53. The number of rotatable bonds is 7. The van der Waals surface area contributed by atoms with Gasteiger partial charge in [0.05, 0.1) is 13.2 Å². The van der Waals surface area contributed by atoms with Crippen LogP contribution in [0.15, 0.2) is 24.3 Å². The van der Waals surface area contributed by atoms with Gasteiger partial charge in [0, 0.05) is 19.6 Å². The van der Waals surface area contributed by atoms with Crippen molar-refractivity contribution in [2.24, 2.45) is 5.92 Å². The molecule has 1 saturated heterocycles. The molecular formula is C18H27NO4. The van der Waals surface area contributed by atoms with E-state index in [-0.39, 0.29) is 18.7 Å². The molecule has 0 spiro atoms. The third-order valence-electron chi connectivity index (χ3n) is 3.65. The standard InChI is InChI=1S/C18H27NO4/c1-4-21-17-8-6-5-7-16(17)18(20)23-13-15-12-19(9-10-22-15)11-14(2)3/h5-8,14-15H,4,9-13H2,1-3H3. The molecule has 0 aliphatic carbocycles. The van der Waals surface area contributed by atoms with Crippen LogP contribution in [0.1, 0.15) is 31.1 Å². The van der Waals surface area contributed by atoms with Crippen LogP contribution in [0.25, 0.3) is 0 Å². The summed E-state index contributed by atoms with van der Waals surface area (Å²) in [7, 11) is 0. The van der Waals surface area contributed by atoms with Crippen LogP contribution in [0.2, 0.25) is 0 Å². The summed E-state index contributed by atoms with van der Waals surface area (Å²) in [6, 6.07) is 7.15. The van der Waals surface area contributed by atoms with Gasteiger partial charge in [-0.1, -0.05) is 26.0 Å². The Labute approximate surface area is 138 Å². The fraction of sp³-hybridized carbons (Fsp3) is 0.611. The second kappa shape index (κ2) is 8.89. The zero-order chi connectivity index (χ0) is 16.7. The molecule has 0 bridgehead atoms. The van der Waals surface area contributed by atoms with E-state index >= 15 is 0 Å². The summed E-state index contributed by atoms with van der Waals surface area (Å²) in [4.78, 5) is 14.6. The summed E-state index contributed by atoms with van der Waals surface area (Å²) < 4.78 is 16.6. The van der Waals surface area contributed by atoms with Crippen LogP contribution in [0.3, 0.4) is 0 Å². The van der Waals surface area contributed by atoms with Crippen molar-refractivity contribution >= 4 is 5.97 Å². The van der Waals surface area contributed by atoms with Crippen molar-refractivity contribution in [3.63, 3.8) is 0 Å². The summed E-state index contributed by atoms with van der Waals surface area (Å²) >= 11 is 0. The predicted molar refractivity (Wildman–Crippen MR) is 88.9 cm³/mol. The molecule has 128 valence electrons. The molecule has 0 radical (unpaired) electrons. The van der Waals surface area contributed by atoms with Gasteiger partial charge in [-0.3, -0.25) is 4.90 Å². The Hall–Kier alpha value is -1.59.